The van der Waals surface area contributed by atoms with E-state index in [0.717, 1.165) is 0 Å². The Morgan fingerprint density at radius 3 is 2.64 bits per heavy atom. The molecule has 1 heterocycles. The number of H-pyrrole nitrogens is 1. The summed E-state index contributed by atoms with van der Waals surface area (Å²) in [6, 6.07) is 10.5. The fourth-order valence-electron chi connectivity index (χ4n) is 1.84. The molecule has 0 radical (unpaired) electrons. The van der Waals surface area contributed by atoms with E-state index in [2.05, 4.69) is 25.9 Å². The maximum atomic E-state index is 13.6. The summed E-state index contributed by atoms with van der Waals surface area (Å²) >= 11 is 5.78. The number of tetrazole rings is 1. The van der Waals surface area contributed by atoms with Crippen molar-refractivity contribution in [2.45, 2.75) is 0 Å². The van der Waals surface area contributed by atoms with E-state index < -0.39 is 11.7 Å². The van der Waals surface area contributed by atoms with Crippen molar-refractivity contribution in [3.8, 4) is 11.4 Å². The van der Waals surface area contributed by atoms with Crippen molar-refractivity contribution in [2.24, 2.45) is 0 Å². The van der Waals surface area contributed by atoms with E-state index in [1.54, 1.807) is 24.3 Å². The minimum Gasteiger partial charge on any atom is -0.319 e. The fraction of sp³-hybridized carbons (Fsp3) is 0. The van der Waals surface area contributed by atoms with Crippen molar-refractivity contribution < 1.29 is 9.18 Å². The van der Waals surface area contributed by atoms with Crippen LogP contribution in [-0.2, 0) is 0 Å². The van der Waals surface area contributed by atoms with E-state index >= 15 is 0 Å². The summed E-state index contributed by atoms with van der Waals surface area (Å²) in [7, 11) is 0. The number of nitrogens with one attached hydrogen (secondary N) is 2. The summed E-state index contributed by atoms with van der Waals surface area (Å²) in [6.45, 7) is 0. The van der Waals surface area contributed by atoms with Gasteiger partial charge in [0, 0.05) is 16.1 Å². The molecule has 2 N–H and O–H groups in total. The van der Waals surface area contributed by atoms with Gasteiger partial charge in [-0.2, -0.15) is 5.21 Å². The van der Waals surface area contributed by atoms with Crippen LogP contribution in [0.2, 0.25) is 5.02 Å². The highest BCUT2D eigenvalue weighted by Crippen LogP contribution is 2.21. The van der Waals surface area contributed by atoms with Crippen LogP contribution in [-0.4, -0.2) is 26.5 Å². The van der Waals surface area contributed by atoms with E-state index in [-0.39, 0.29) is 5.69 Å². The Morgan fingerprint density at radius 2 is 1.95 bits per heavy atom. The van der Waals surface area contributed by atoms with Crippen LogP contribution in [0, 0.1) is 5.82 Å². The molecule has 0 bridgehead atoms. The third kappa shape index (κ3) is 2.94. The first-order valence-electron chi connectivity index (χ1n) is 6.24. The number of carbonyl (C=O) groups excluding carboxylic acids is 1. The fourth-order valence-corrected chi connectivity index (χ4v) is 2.01. The first-order chi connectivity index (χ1) is 10.6. The average molecular weight is 318 g/mol. The Labute approximate surface area is 129 Å². The Morgan fingerprint density at radius 1 is 1.18 bits per heavy atom. The monoisotopic (exact) mass is 317 g/mol. The summed E-state index contributed by atoms with van der Waals surface area (Å²) in [5.74, 6) is -0.574. The molecule has 0 aliphatic heterocycles. The lowest BCUT2D eigenvalue weighted by Gasteiger charge is -2.07. The molecule has 0 spiro atoms. The van der Waals surface area contributed by atoms with Gasteiger partial charge in [-0.05, 0) is 35.5 Å². The summed E-state index contributed by atoms with van der Waals surface area (Å²) in [4.78, 5) is 12.1. The largest absolute Gasteiger partial charge is 0.319 e. The molecule has 110 valence electrons. The molecule has 0 unspecified atom stereocenters. The van der Waals surface area contributed by atoms with Crippen LogP contribution < -0.4 is 5.32 Å². The van der Waals surface area contributed by atoms with Gasteiger partial charge < -0.3 is 5.32 Å². The van der Waals surface area contributed by atoms with Crippen LogP contribution in [0.3, 0.4) is 0 Å². The highest BCUT2D eigenvalue weighted by atomic mass is 35.5. The number of hydrogen-bond acceptors (Lipinski definition) is 4. The molecular weight excluding hydrogens is 309 g/mol. The van der Waals surface area contributed by atoms with Crippen LogP contribution in [0.5, 0.6) is 0 Å². The number of rotatable bonds is 3. The zero-order valence-electron chi connectivity index (χ0n) is 11.0. The van der Waals surface area contributed by atoms with Crippen LogP contribution in [0.15, 0.2) is 42.5 Å². The average Bonchev–Trinajstić information content (AvgIpc) is 3.05. The van der Waals surface area contributed by atoms with E-state index in [1.807, 2.05) is 0 Å². The van der Waals surface area contributed by atoms with Gasteiger partial charge in [0.2, 0.25) is 5.82 Å². The van der Waals surface area contributed by atoms with Crippen molar-refractivity contribution >= 4 is 23.2 Å². The Bertz CT molecular complexity index is 805. The van der Waals surface area contributed by atoms with Gasteiger partial charge in [-0.1, -0.05) is 23.7 Å². The summed E-state index contributed by atoms with van der Waals surface area (Å²) in [5, 5.41) is 16.3. The number of anilines is 1. The van der Waals surface area contributed by atoms with Crippen LogP contribution in [0.4, 0.5) is 10.1 Å². The van der Waals surface area contributed by atoms with Crippen molar-refractivity contribution in [3.05, 3.63) is 58.9 Å². The van der Waals surface area contributed by atoms with Crippen molar-refractivity contribution in [1.82, 2.24) is 20.6 Å². The molecule has 0 saturated heterocycles. The maximum absolute atomic E-state index is 13.6. The third-order valence-corrected chi connectivity index (χ3v) is 3.16. The zero-order chi connectivity index (χ0) is 15.5. The smallest absolute Gasteiger partial charge is 0.255 e. The van der Waals surface area contributed by atoms with Crippen molar-refractivity contribution in [3.63, 3.8) is 0 Å². The molecular formula is C14H9ClFN5O. The number of carbonyl (C=O) groups is 1. The quantitative estimate of drug-likeness (QED) is 0.778. The molecule has 2 aromatic carbocycles. The molecule has 8 heteroatoms. The number of aromatic nitrogens is 4. The summed E-state index contributed by atoms with van der Waals surface area (Å²) < 4.78 is 13.6. The first kappa shape index (κ1) is 14.2. The van der Waals surface area contributed by atoms with Gasteiger partial charge in [-0.3, -0.25) is 4.79 Å². The second-order valence-corrected chi connectivity index (χ2v) is 4.83. The Kier molecular flexibility index (Phi) is 3.80. The number of halogens is 2. The SMILES string of the molecule is O=C(Nc1cc(Cl)ccc1F)c1ccc(-c2nn[nH]n2)cc1. The number of nitrogens with zero attached hydrogens (tertiary/aromatic N) is 3. The van der Waals surface area contributed by atoms with Gasteiger partial charge in [0.05, 0.1) is 5.69 Å². The van der Waals surface area contributed by atoms with Gasteiger partial charge in [0.1, 0.15) is 5.82 Å². The van der Waals surface area contributed by atoms with Gasteiger partial charge >= 0.3 is 0 Å². The third-order valence-electron chi connectivity index (χ3n) is 2.93. The molecule has 0 atom stereocenters. The van der Waals surface area contributed by atoms with Gasteiger partial charge in [0.15, 0.2) is 0 Å². The first-order valence-corrected chi connectivity index (χ1v) is 6.61. The van der Waals surface area contributed by atoms with Crippen LogP contribution in [0.1, 0.15) is 10.4 Å². The van der Waals surface area contributed by atoms with Gasteiger partial charge in [0.25, 0.3) is 5.91 Å². The minimum atomic E-state index is -0.554. The van der Waals surface area contributed by atoms with E-state index in [0.29, 0.717) is 22.0 Å². The second-order valence-electron chi connectivity index (χ2n) is 4.39. The lowest BCUT2D eigenvalue weighted by atomic mass is 10.1. The zero-order valence-corrected chi connectivity index (χ0v) is 11.8. The maximum Gasteiger partial charge on any atom is 0.255 e. The number of amides is 1. The highest BCUT2D eigenvalue weighted by molar-refractivity contribution is 6.31. The van der Waals surface area contributed by atoms with Crippen LogP contribution in [0.25, 0.3) is 11.4 Å². The predicted molar refractivity (Wildman–Crippen MR) is 79.0 cm³/mol. The molecule has 0 fully saturated rings. The Hall–Kier alpha value is -2.80. The van der Waals surface area contributed by atoms with E-state index in [4.69, 9.17) is 11.6 Å². The minimum absolute atomic E-state index is 0.0275. The number of benzene rings is 2. The number of hydrogen-bond donors (Lipinski definition) is 2. The van der Waals surface area contributed by atoms with Crippen LogP contribution >= 0.6 is 11.6 Å². The van der Waals surface area contributed by atoms with Gasteiger partial charge in [-0.15, -0.1) is 10.2 Å². The standard InChI is InChI=1S/C14H9ClFN5O/c15-10-5-6-11(16)12(7-10)17-14(22)9-3-1-8(2-4-9)13-18-20-21-19-13/h1-7H,(H,17,22)(H,18,19,20,21). The molecule has 0 aliphatic carbocycles. The molecule has 1 aromatic heterocycles. The van der Waals surface area contributed by atoms with Crippen molar-refractivity contribution in [1.29, 1.82) is 0 Å². The molecule has 0 aliphatic rings. The number of aromatic amines is 1. The van der Waals surface area contributed by atoms with Crippen molar-refractivity contribution in [2.75, 3.05) is 5.32 Å². The molecule has 3 aromatic rings. The van der Waals surface area contributed by atoms with E-state index in [1.165, 1.54) is 18.2 Å². The van der Waals surface area contributed by atoms with E-state index in [9.17, 15) is 9.18 Å². The second kappa shape index (κ2) is 5.90. The van der Waals surface area contributed by atoms with Gasteiger partial charge in [-0.25, -0.2) is 4.39 Å². The molecule has 1 amide bonds. The highest BCUT2D eigenvalue weighted by Gasteiger charge is 2.11. The lowest BCUT2D eigenvalue weighted by molar-refractivity contribution is 0.102. The molecule has 3 rings (SSSR count). The Balaban J connectivity index is 1.79. The molecule has 6 nitrogen and oxygen atoms in total. The normalized spacial score (nSPS) is 10.5. The summed E-state index contributed by atoms with van der Waals surface area (Å²) in [5.41, 5.74) is 1.10. The lowest BCUT2D eigenvalue weighted by Crippen LogP contribution is -2.12. The molecule has 0 saturated carbocycles. The molecule has 22 heavy (non-hydrogen) atoms. The predicted octanol–water partition coefficient (Wildman–Crippen LogP) is 2.91. The summed E-state index contributed by atoms with van der Waals surface area (Å²) in [6.07, 6.45) is 0. The topological polar surface area (TPSA) is 83.6 Å².